The van der Waals surface area contributed by atoms with Crippen LogP contribution in [0.15, 0.2) is 47.4 Å². The van der Waals surface area contributed by atoms with Gasteiger partial charge in [0, 0.05) is 32.1 Å². The third-order valence-corrected chi connectivity index (χ3v) is 7.95. The second-order valence-electron chi connectivity index (χ2n) is 10.8. The zero-order valence-corrected chi connectivity index (χ0v) is 27.0. The molecule has 2 amide bonds. The van der Waals surface area contributed by atoms with Crippen LogP contribution in [0, 0.1) is 5.92 Å². The predicted octanol–water partition coefficient (Wildman–Crippen LogP) is 5.55. The standard InChI is InChI=1S/C27H38FN3O7P2S/c1-6-36-22-16-20(31(40)24(32)18-9-8-14-30(17-18)25(33)38-26(2,3)4)12-13-23(22)41(34,35)29-19-10-7-11-21(15-19)37-27(5,28)39/h7,10-13,15-16,18,29H,6,8-9,14,17,39-40H2,1-5H3. The summed E-state index contributed by atoms with van der Waals surface area (Å²) < 4.78 is 60.6. The number of amides is 2. The highest BCUT2D eigenvalue weighted by molar-refractivity contribution is 7.92. The molecule has 3 rings (SSSR count). The Morgan fingerprint density at radius 1 is 1.17 bits per heavy atom. The summed E-state index contributed by atoms with van der Waals surface area (Å²) in [5, 5.41) is 0. The molecular formula is C27H38FN3O7P2S. The number of benzene rings is 2. The Morgan fingerprint density at radius 3 is 2.51 bits per heavy atom. The largest absolute Gasteiger partial charge is 0.492 e. The lowest BCUT2D eigenvalue weighted by Crippen LogP contribution is -2.46. The minimum absolute atomic E-state index is 0.0467. The molecule has 226 valence electrons. The summed E-state index contributed by atoms with van der Waals surface area (Å²) in [5.41, 5.74) is -2.11. The fourth-order valence-corrected chi connectivity index (χ4v) is 5.88. The maximum absolute atomic E-state index is 13.9. The molecule has 1 saturated heterocycles. The Hall–Kier alpha value is -2.68. The molecule has 2 aromatic rings. The summed E-state index contributed by atoms with van der Waals surface area (Å²) in [6, 6.07) is 10.2. The molecule has 0 bridgehead atoms. The number of nitrogens with one attached hydrogen (secondary N) is 1. The van der Waals surface area contributed by atoms with Gasteiger partial charge in [-0.2, -0.15) is 4.39 Å². The molecule has 41 heavy (non-hydrogen) atoms. The third kappa shape index (κ3) is 9.42. The van der Waals surface area contributed by atoms with Crippen LogP contribution < -0.4 is 18.9 Å². The molecule has 1 fully saturated rings. The smallest absolute Gasteiger partial charge is 0.410 e. The second-order valence-corrected chi connectivity index (χ2v) is 14.0. The van der Waals surface area contributed by atoms with Crippen LogP contribution in [0.3, 0.4) is 0 Å². The number of likely N-dealkylation sites (tertiary alicyclic amines) is 1. The lowest BCUT2D eigenvalue weighted by atomic mass is 9.97. The predicted molar refractivity (Wildman–Crippen MR) is 162 cm³/mol. The molecule has 0 radical (unpaired) electrons. The molecule has 1 aliphatic heterocycles. The van der Waals surface area contributed by atoms with Gasteiger partial charge >= 0.3 is 6.09 Å². The van der Waals surface area contributed by atoms with E-state index in [1.54, 1.807) is 27.7 Å². The fraction of sp³-hybridized carbons (Fsp3) is 0.481. The van der Waals surface area contributed by atoms with Crippen LogP contribution in [0.2, 0.25) is 0 Å². The van der Waals surface area contributed by atoms with Gasteiger partial charge in [0.1, 0.15) is 22.0 Å². The van der Waals surface area contributed by atoms with Gasteiger partial charge in [-0.15, -0.1) is 0 Å². The number of hydrogen-bond acceptors (Lipinski definition) is 7. The van der Waals surface area contributed by atoms with Crippen LogP contribution in [0.5, 0.6) is 11.5 Å². The molecule has 0 aliphatic carbocycles. The summed E-state index contributed by atoms with van der Waals surface area (Å²) in [6.07, 6.45) is 0.781. The van der Waals surface area contributed by atoms with Gasteiger partial charge in [-0.1, -0.05) is 15.3 Å². The van der Waals surface area contributed by atoms with E-state index in [1.807, 2.05) is 9.24 Å². The maximum atomic E-state index is 13.9. The van der Waals surface area contributed by atoms with Crippen LogP contribution in [0.25, 0.3) is 0 Å². The van der Waals surface area contributed by atoms with Crippen LogP contribution >= 0.6 is 18.6 Å². The normalized spacial score (nSPS) is 17.3. The van der Waals surface area contributed by atoms with E-state index in [9.17, 15) is 22.4 Å². The fourth-order valence-electron chi connectivity index (χ4n) is 4.20. The van der Waals surface area contributed by atoms with Crippen molar-refractivity contribution in [2.24, 2.45) is 5.92 Å². The summed E-state index contributed by atoms with van der Waals surface area (Å²) in [6.45, 7) is 9.18. The first-order chi connectivity index (χ1) is 19.0. The highest BCUT2D eigenvalue weighted by Crippen LogP contribution is 2.34. The number of alkyl halides is 1. The van der Waals surface area contributed by atoms with Crippen LogP contribution in [-0.2, 0) is 19.6 Å². The van der Waals surface area contributed by atoms with Crippen molar-refractivity contribution in [3.05, 3.63) is 42.5 Å². The van der Waals surface area contributed by atoms with Gasteiger partial charge < -0.3 is 19.1 Å². The topological polar surface area (TPSA) is 114 Å². The minimum atomic E-state index is -4.14. The molecule has 0 aromatic heterocycles. The maximum Gasteiger partial charge on any atom is 0.410 e. The minimum Gasteiger partial charge on any atom is -0.492 e. The molecule has 4 atom stereocenters. The van der Waals surface area contributed by atoms with Gasteiger partial charge in [0.2, 0.25) is 5.91 Å². The Kier molecular flexibility index (Phi) is 10.5. The third-order valence-electron chi connectivity index (χ3n) is 5.86. The molecule has 0 saturated carbocycles. The summed E-state index contributed by atoms with van der Waals surface area (Å²) >= 11 is 0. The summed E-state index contributed by atoms with van der Waals surface area (Å²) in [7, 11) is 0.133. The van der Waals surface area contributed by atoms with Gasteiger partial charge in [-0.05, 0) is 74.2 Å². The van der Waals surface area contributed by atoms with Gasteiger partial charge in [0.05, 0.1) is 23.9 Å². The Balaban J connectivity index is 1.80. The van der Waals surface area contributed by atoms with Crippen LogP contribution in [-0.4, -0.2) is 56.2 Å². The van der Waals surface area contributed by atoms with E-state index in [0.717, 1.165) is 0 Å². The molecule has 14 heteroatoms. The zero-order valence-electron chi connectivity index (χ0n) is 23.8. The Bertz CT molecular complexity index is 1360. The average Bonchev–Trinajstić information content (AvgIpc) is 2.86. The van der Waals surface area contributed by atoms with Crippen molar-refractivity contribution in [2.45, 2.75) is 63.6 Å². The number of sulfonamides is 1. The number of carbonyl (C=O) groups is 2. The molecule has 0 spiro atoms. The number of piperidine rings is 1. The lowest BCUT2D eigenvalue weighted by molar-refractivity contribution is -0.122. The van der Waals surface area contributed by atoms with Crippen molar-refractivity contribution in [1.82, 2.24) is 4.90 Å². The van der Waals surface area contributed by atoms with Crippen LogP contribution in [0.4, 0.5) is 20.6 Å². The molecular weight excluding hydrogens is 591 g/mol. The van der Waals surface area contributed by atoms with E-state index in [1.165, 1.54) is 59.0 Å². The first kappa shape index (κ1) is 32.8. The highest BCUT2D eigenvalue weighted by Gasteiger charge is 2.33. The Labute approximate surface area is 245 Å². The summed E-state index contributed by atoms with van der Waals surface area (Å²) in [4.78, 5) is 27.3. The lowest BCUT2D eigenvalue weighted by Gasteiger charge is -2.35. The van der Waals surface area contributed by atoms with Crippen molar-refractivity contribution in [3.63, 3.8) is 0 Å². The molecule has 10 nitrogen and oxygen atoms in total. The van der Waals surface area contributed by atoms with Gasteiger partial charge in [0.15, 0.2) is 0 Å². The van der Waals surface area contributed by atoms with Crippen molar-refractivity contribution < 1.29 is 36.6 Å². The van der Waals surface area contributed by atoms with Crippen molar-refractivity contribution >= 4 is 52.0 Å². The molecule has 1 N–H and O–H groups in total. The van der Waals surface area contributed by atoms with Crippen molar-refractivity contribution in [1.29, 1.82) is 0 Å². The number of carbonyl (C=O) groups excluding carboxylic acids is 2. The average molecular weight is 630 g/mol. The number of anilines is 2. The van der Waals surface area contributed by atoms with E-state index in [0.29, 0.717) is 25.1 Å². The quantitative estimate of drug-likeness (QED) is 0.362. The van der Waals surface area contributed by atoms with Gasteiger partial charge in [-0.25, -0.2) is 13.2 Å². The van der Waals surface area contributed by atoms with Gasteiger partial charge in [0.25, 0.3) is 15.6 Å². The van der Waals surface area contributed by atoms with Crippen LogP contribution in [0.1, 0.15) is 47.5 Å². The number of hydrogen-bond donors (Lipinski definition) is 1. The number of rotatable bonds is 9. The highest BCUT2D eigenvalue weighted by atomic mass is 32.2. The molecule has 4 unspecified atom stereocenters. The van der Waals surface area contributed by atoms with Crippen molar-refractivity contribution in [2.75, 3.05) is 29.1 Å². The SMILES string of the molecule is CCOc1cc(N(P)C(=O)C2CCCN(C(=O)OC(C)(C)C)C2)ccc1S(=O)(=O)Nc1cccc(OC(C)(F)P)c1. The van der Waals surface area contributed by atoms with E-state index < -0.39 is 33.2 Å². The molecule has 2 aromatic carbocycles. The monoisotopic (exact) mass is 629 g/mol. The number of nitrogens with zero attached hydrogens (tertiary/aromatic N) is 2. The van der Waals surface area contributed by atoms with Gasteiger partial charge in [-0.3, -0.25) is 14.2 Å². The van der Waals surface area contributed by atoms with Crippen molar-refractivity contribution in [3.8, 4) is 11.5 Å². The zero-order chi connectivity index (χ0) is 30.6. The second kappa shape index (κ2) is 13.1. The Morgan fingerprint density at radius 2 is 1.88 bits per heavy atom. The first-order valence-electron chi connectivity index (χ1n) is 13.1. The van der Waals surface area contributed by atoms with E-state index in [4.69, 9.17) is 14.2 Å². The number of ether oxygens (including phenoxy) is 3. The first-order valence-corrected chi connectivity index (χ1v) is 15.7. The van der Waals surface area contributed by atoms with E-state index >= 15 is 0 Å². The summed E-state index contributed by atoms with van der Waals surface area (Å²) in [5.74, 6) is -0.525. The molecule has 1 heterocycles. The van der Waals surface area contributed by atoms with E-state index in [2.05, 4.69) is 14.1 Å². The van der Waals surface area contributed by atoms with E-state index in [-0.39, 0.29) is 41.1 Å². The molecule has 1 aliphatic rings. The number of halogens is 1.